The molecule has 0 unspecified atom stereocenters. The molecule has 0 spiro atoms. The Bertz CT molecular complexity index is 2260. The number of unbranched alkanes of at least 4 members (excludes halogenated alkanes) is 1. The predicted octanol–water partition coefficient (Wildman–Crippen LogP) is -4.09. The van der Waals surface area contributed by atoms with E-state index in [0.717, 1.165) is 6.42 Å². The van der Waals surface area contributed by atoms with Crippen molar-refractivity contribution in [3.05, 3.63) is 59.7 Å². The van der Waals surface area contributed by atoms with E-state index in [2.05, 4.69) is 53.2 Å². The van der Waals surface area contributed by atoms with E-state index in [1.54, 1.807) is 13.8 Å². The molecule has 2 aromatic rings. The van der Waals surface area contributed by atoms with Gasteiger partial charge in [-0.2, -0.15) is 0 Å². The molecule has 1 fully saturated rings. The van der Waals surface area contributed by atoms with Crippen LogP contribution in [0.4, 0.5) is 0 Å². The van der Waals surface area contributed by atoms with E-state index in [9.17, 15) is 73.5 Å². The second-order valence-electron chi connectivity index (χ2n) is 18.3. The summed E-state index contributed by atoms with van der Waals surface area (Å²) in [7, 11) is 0. The number of aliphatic hydroxyl groups is 2. The Morgan fingerprint density at radius 3 is 1.60 bits per heavy atom. The summed E-state index contributed by atoms with van der Waals surface area (Å²) in [6.45, 7) is 4.43. The fourth-order valence-electron chi connectivity index (χ4n) is 7.59. The molecule has 0 bridgehead atoms. The van der Waals surface area contributed by atoms with Crippen LogP contribution in [-0.4, -0.2) is 172 Å². The summed E-state index contributed by atoms with van der Waals surface area (Å²) in [5, 5.41) is 74.1. The first-order valence-electron chi connectivity index (χ1n) is 24.7. The summed E-state index contributed by atoms with van der Waals surface area (Å²) in [6.07, 6.45) is 2.10. The number of nitrogens with two attached hydrogens (primary N) is 1. The van der Waals surface area contributed by atoms with Crippen molar-refractivity contribution in [2.45, 2.75) is 133 Å². The highest BCUT2D eigenvalue weighted by molar-refractivity contribution is 5.98. The minimum atomic E-state index is -1.74. The number of aliphatic carboxylic acids is 1. The Kier molecular flexibility index (Phi) is 25.9. The minimum absolute atomic E-state index is 0.0342. The van der Waals surface area contributed by atoms with Gasteiger partial charge in [0.2, 0.25) is 53.2 Å². The highest BCUT2D eigenvalue weighted by atomic mass is 16.4. The predicted molar refractivity (Wildman–Crippen MR) is 269 cm³/mol. The molecule has 414 valence electrons. The van der Waals surface area contributed by atoms with Crippen molar-refractivity contribution >= 4 is 59.1 Å². The quantitative estimate of drug-likeness (QED) is 0.0319. The summed E-state index contributed by atoms with van der Waals surface area (Å²) in [6, 6.07) is -0.534. The van der Waals surface area contributed by atoms with Gasteiger partial charge in [-0.05, 0) is 100 Å². The SMILES string of the molecule is CC[C@H](C)[C@H](NC(=O)[C@H](CO)NC(=O)[C@H](Cc1ccc(O)cc1)NC(=O)[C@H](Cc1ccc(O)cc1)NC(=O)CNC(=O)[C@H](C)NC(=O)[C@@H]1CCCN1)C(=O)N[C@@H](C)C(=O)N[C@@H](CCCCN)C(=O)N[C@@H](CO)C(=O)O. The summed E-state index contributed by atoms with van der Waals surface area (Å²) in [5.74, 6) is -9.80. The summed E-state index contributed by atoms with van der Waals surface area (Å²) >= 11 is 0. The molecule has 0 saturated carbocycles. The van der Waals surface area contributed by atoms with E-state index in [4.69, 9.17) is 5.73 Å². The zero-order valence-corrected chi connectivity index (χ0v) is 42.5. The molecular formula is C49H73N11O15. The molecule has 2 aromatic carbocycles. The molecule has 75 heavy (non-hydrogen) atoms. The van der Waals surface area contributed by atoms with Gasteiger partial charge in [0, 0.05) is 12.8 Å². The molecule has 26 heteroatoms. The molecule has 9 amide bonds. The van der Waals surface area contributed by atoms with Gasteiger partial charge in [-0.15, -0.1) is 0 Å². The molecule has 1 aliphatic rings. The number of carbonyl (C=O) groups is 10. The van der Waals surface area contributed by atoms with Crippen molar-refractivity contribution in [3.8, 4) is 11.5 Å². The van der Waals surface area contributed by atoms with Crippen LogP contribution in [0.15, 0.2) is 48.5 Å². The average molecular weight is 1060 g/mol. The number of amides is 9. The van der Waals surface area contributed by atoms with Gasteiger partial charge in [-0.1, -0.05) is 44.5 Å². The fourth-order valence-corrected chi connectivity index (χ4v) is 7.59. The smallest absolute Gasteiger partial charge is 0.328 e. The highest BCUT2D eigenvalue weighted by Crippen LogP contribution is 2.15. The van der Waals surface area contributed by atoms with Gasteiger partial charge in [-0.25, -0.2) is 4.79 Å². The molecule has 10 atom stereocenters. The van der Waals surface area contributed by atoms with E-state index in [1.165, 1.54) is 62.4 Å². The van der Waals surface area contributed by atoms with E-state index in [1.807, 2.05) is 0 Å². The van der Waals surface area contributed by atoms with Gasteiger partial charge in [0.15, 0.2) is 0 Å². The Morgan fingerprint density at radius 1 is 0.600 bits per heavy atom. The number of nitrogens with one attached hydrogen (secondary N) is 10. The molecule has 3 rings (SSSR count). The number of carbonyl (C=O) groups excluding carboxylic acids is 9. The van der Waals surface area contributed by atoms with Crippen molar-refractivity contribution in [3.63, 3.8) is 0 Å². The van der Waals surface area contributed by atoms with Gasteiger partial charge >= 0.3 is 5.97 Å². The molecule has 0 radical (unpaired) electrons. The first-order valence-corrected chi connectivity index (χ1v) is 24.7. The Labute approximate surface area is 433 Å². The summed E-state index contributed by atoms with van der Waals surface area (Å²) < 4.78 is 0. The molecule has 1 aliphatic heterocycles. The van der Waals surface area contributed by atoms with Crippen molar-refractivity contribution in [1.29, 1.82) is 0 Å². The van der Waals surface area contributed by atoms with Crippen molar-refractivity contribution in [2.24, 2.45) is 11.7 Å². The van der Waals surface area contributed by atoms with Gasteiger partial charge in [0.1, 0.15) is 59.8 Å². The number of hydrogen-bond donors (Lipinski definition) is 16. The number of benzene rings is 2. The van der Waals surface area contributed by atoms with Crippen LogP contribution in [0.2, 0.25) is 0 Å². The normalized spacial score (nSPS) is 16.6. The number of carboxylic acid groups (broad SMARTS) is 1. The van der Waals surface area contributed by atoms with Crippen LogP contribution in [0.1, 0.15) is 77.3 Å². The molecule has 17 N–H and O–H groups in total. The van der Waals surface area contributed by atoms with E-state index < -0.39 is 133 Å². The lowest BCUT2D eigenvalue weighted by Crippen LogP contribution is -2.61. The van der Waals surface area contributed by atoms with Crippen LogP contribution >= 0.6 is 0 Å². The number of carboxylic acids is 1. The maximum absolute atomic E-state index is 14.2. The minimum Gasteiger partial charge on any atom is -0.508 e. The molecule has 26 nitrogen and oxygen atoms in total. The molecule has 0 aromatic heterocycles. The van der Waals surface area contributed by atoms with Gasteiger partial charge in [0.05, 0.1) is 25.8 Å². The Balaban J connectivity index is 1.80. The van der Waals surface area contributed by atoms with Crippen LogP contribution in [0.25, 0.3) is 0 Å². The van der Waals surface area contributed by atoms with Crippen molar-refractivity contribution in [2.75, 3.05) is 32.8 Å². The monoisotopic (exact) mass is 1060 g/mol. The van der Waals surface area contributed by atoms with Gasteiger partial charge < -0.3 is 84.4 Å². The van der Waals surface area contributed by atoms with E-state index in [-0.39, 0.29) is 43.2 Å². The second-order valence-corrected chi connectivity index (χ2v) is 18.3. The lowest BCUT2D eigenvalue weighted by Gasteiger charge is -2.28. The third kappa shape index (κ3) is 20.8. The largest absolute Gasteiger partial charge is 0.508 e. The number of aromatic hydroxyl groups is 2. The third-order valence-corrected chi connectivity index (χ3v) is 12.3. The number of hydrogen-bond acceptors (Lipinski definition) is 16. The summed E-state index contributed by atoms with van der Waals surface area (Å²) in [4.78, 5) is 132. The van der Waals surface area contributed by atoms with Crippen LogP contribution in [-0.2, 0) is 60.8 Å². The van der Waals surface area contributed by atoms with Gasteiger partial charge in [-0.3, -0.25) is 43.2 Å². The lowest BCUT2D eigenvalue weighted by molar-refractivity contribution is -0.143. The van der Waals surface area contributed by atoms with Gasteiger partial charge in [0.25, 0.3) is 0 Å². The molecule has 1 saturated heterocycles. The Morgan fingerprint density at radius 2 is 1.09 bits per heavy atom. The maximum atomic E-state index is 14.2. The van der Waals surface area contributed by atoms with E-state index in [0.29, 0.717) is 43.4 Å². The number of rotatable bonds is 31. The maximum Gasteiger partial charge on any atom is 0.328 e. The number of phenols is 2. The lowest BCUT2D eigenvalue weighted by atomic mass is 9.97. The molecular weight excluding hydrogens is 983 g/mol. The van der Waals surface area contributed by atoms with Crippen LogP contribution in [0.3, 0.4) is 0 Å². The van der Waals surface area contributed by atoms with Crippen LogP contribution in [0, 0.1) is 5.92 Å². The fraction of sp³-hybridized carbons (Fsp3) is 0.551. The first-order chi connectivity index (χ1) is 35.6. The van der Waals surface area contributed by atoms with Crippen LogP contribution < -0.4 is 58.9 Å². The first kappa shape index (κ1) is 61.9. The standard InChI is InChI=1S/C49H73N11O15/c1-5-26(2)40(48(73)54-28(4)42(67)56-34(9-6-7-19-50)44(69)59-38(25-62)49(74)75)60-47(72)37(24-61)58-46(71)36(22-30-13-17-32(64)18-14-30)57-45(70)35(21-29-11-15-31(63)16-12-29)55-39(65)23-52-41(66)27(3)53-43(68)33-10-8-20-51-33/h11-18,26-28,33-38,40,51,61-64H,5-10,19-25,50H2,1-4H3,(H,52,66)(H,53,68)(H,54,73)(H,55,65)(H,56,67)(H,57,70)(H,58,71)(H,59,69)(H,60,72)(H,74,75)/t26-,27-,28-,33-,34-,35-,36-,37-,38-,40-/m0/s1. The molecule has 1 heterocycles. The molecule has 0 aliphatic carbocycles. The number of aliphatic hydroxyl groups excluding tert-OH is 2. The number of phenolic OH excluding ortho intramolecular Hbond substituents is 2. The average Bonchev–Trinajstić information content (AvgIpc) is 3.94. The zero-order valence-electron chi connectivity index (χ0n) is 42.5. The third-order valence-electron chi connectivity index (χ3n) is 12.3. The van der Waals surface area contributed by atoms with E-state index >= 15 is 0 Å². The topological polar surface area (TPSA) is 418 Å². The van der Waals surface area contributed by atoms with Crippen molar-refractivity contribution in [1.82, 2.24) is 53.2 Å². The second kappa shape index (κ2) is 31.3. The van der Waals surface area contributed by atoms with Crippen LogP contribution in [0.5, 0.6) is 11.5 Å². The summed E-state index contributed by atoms with van der Waals surface area (Å²) in [5.41, 5.74) is 6.44. The zero-order chi connectivity index (χ0) is 55.8. The Hall–Kier alpha value is -7.42. The highest BCUT2D eigenvalue weighted by Gasteiger charge is 2.35. The van der Waals surface area contributed by atoms with Crippen molar-refractivity contribution < 1.29 is 73.5 Å².